The van der Waals surface area contributed by atoms with Crippen molar-refractivity contribution in [3.8, 4) is 0 Å². The van der Waals surface area contributed by atoms with Crippen molar-refractivity contribution in [1.29, 1.82) is 0 Å². The van der Waals surface area contributed by atoms with Crippen molar-refractivity contribution in [1.82, 2.24) is 4.90 Å². The molecule has 0 heterocycles. The molecule has 20 heavy (non-hydrogen) atoms. The first-order chi connectivity index (χ1) is 9.29. The Morgan fingerprint density at radius 2 is 1.50 bits per heavy atom. The average Bonchev–Trinajstić information content (AvgIpc) is 2.29. The molecule has 3 atom stereocenters. The number of rotatable bonds is 7. The Hall–Kier alpha value is -0.0800. The van der Waals surface area contributed by atoms with Crippen LogP contribution in [0, 0.1) is 29.6 Å². The second-order valence-corrected chi connectivity index (χ2v) is 8.25. The molecule has 0 aromatic rings. The maximum absolute atomic E-state index is 6.42. The van der Waals surface area contributed by atoms with Crippen LogP contribution in [0.5, 0.6) is 0 Å². The summed E-state index contributed by atoms with van der Waals surface area (Å²) in [6.07, 6.45) is 3.90. The minimum Gasteiger partial charge on any atom is -0.327 e. The molecule has 0 aromatic carbocycles. The van der Waals surface area contributed by atoms with Crippen molar-refractivity contribution in [3.63, 3.8) is 0 Å². The van der Waals surface area contributed by atoms with E-state index in [0.29, 0.717) is 12.0 Å². The van der Waals surface area contributed by atoms with Crippen LogP contribution in [0.15, 0.2) is 0 Å². The minimum absolute atomic E-state index is 0.423. The zero-order chi connectivity index (χ0) is 15.3. The van der Waals surface area contributed by atoms with Gasteiger partial charge < -0.3 is 10.6 Å². The Morgan fingerprint density at radius 1 is 0.950 bits per heavy atom. The first-order valence-electron chi connectivity index (χ1n) is 8.77. The van der Waals surface area contributed by atoms with Gasteiger partial charge in [-0.2, -0.15) is 0 Å². The number of nitrogens with two attached hydrogens (primary N) is 1. The Bertz CT molecular complexity index is 250. The highest BCUT2D eigenvalue weighted by Gasteiger charge is 2.31. The lowest BCUT2D eigenvalue weighted by atomic mass is 9.73. The van der Waals surface area contributed by atoms with E-state index in [-0.39, 0.29) is 0 Å². The van der Waals surface area contributed by atoms with Crippen LogP contribution in [0.3, 0.4) is 0 Å². The highest BCUT2D eigenvalue weighted by Crippen LogP contribution is 2.33. The third kappa shape index (κ3) is 6.13. The van der Waals surface area contributed by atoms with Gasteiger partial charge in [0.1, 0.15) is 0 Å². The fourth-order valence-electron chi connectivity index (χ4n) is 3.73. The van der Waals surface area contributed by atoms with Gasteiger partial charge in [-0.3, -0.25) is 0 Å². The highest BCUT2D eigenvalue weighted by atomic mass is 15.1. The van der Waals surface area contributed by atoms with E-state index in [1.807, 2.05) is 0 Å². The highest BCUT2D eigenvalue weighted by molar-refractivity contribution is 4.86. The quantitative estimate of drug-likeness (QED) is 0.765. The van der Waals surface area contributed by atoms with Gasteiger partial charge in [0.25, 0.3) is 0 Å². The molecule has 2 nitrogen and oxygen atoms in total. The van der Waals surface area contributed by atoms with Gasteiger partial charge in [0.05, 0.1) is 0 Å². The minimum atomic E-state index is 0.423. The molecule has 0 bridgehead atoms. The number of nitrogens with zero attached hydrogens (tertiary/aromatic N) is 1. The Morgan fingerprint density at radius 3 is 1.95 bits per heavy atom. The average molecular weight is 283 g/mol. The molecule has 3 unspecified atom stereocenters. The molecule has 0 amide bonds. The fourth-order valence-corrected chi connectivity index (χ4v) is 3.73. The third-order valence-electron chi connectivity index (χ3n) is 4.76. The number of hydrogen-bond acceptors (Lipinski definition) is 2. The van der Waals surface area contributed by atoms with Gasteiger partial charge in [0, 0.05) is 25.7 Å². The molecule has 120 valence electrons. The summed E-state index contributed by atoms with van der Waals surface area (Å²) in [4.78, 5) is 2.67. The van der Waals surface area contributed by atoms with E-state index in [4.69, 9.17) is 5.73 Å². The molecule has 0 aliphatic heterocycles. The van der Waals surface area contributed by atoms with Crippen molar-refractivity contribution < 1.29 is 0 Å². The van der Waals surface area contributed by atoms with E-state index >= 15 is 0 Å². The Balaban J connectivity index is 2.59. The van der Waals surface area contributed by atoms with Crippen LogP contribution in [0.25, 0.3) is 0 Å². The van der Waals surface area contributed by atoms with Gasteiger partial charge in [-0.05, 0) is 48.9 Å². The van der Waals surface area contributed by atoms with E-state index in [9.17, 15) is 0 Å². The summed E-state index contributed by atoms with van der Waals surface area (Å²) < 4.78 is 0. The molecule has 0 radical (unpaired) electrons. The van der Waals surface area contributed by atoms with Crippen LogP contribution in [0.2, 0.25) is 0 Å². The Kier molecular flexibility index (Phi) is 7.53. The van der Waals surface area contributed by atoms with E-state index < -0.39 is 0 Å². The summed E-state index contributed by atoms with van der Waals surface area (Å²) >= 11 is 0. The lowest BCUT2D eigenvalue weighted by Gasteiger charge is -2.39. The molecule has 1 aliphatic carbocycles. The number of hydrogen-bond donors (Lipinski definition) is 1. The lowest BCUT2D eigenvalue weighted by molar-refractivity contribution is 0.121. The van der Waals surface area contributed by atoms with Crippen LogP contribution in [-0.4, -0.2) is 30.6 Å². The zero-order valence-electron chi connectivity index (χ0n) is 14.7. The molecule has 2 heteroatoms. The fraction of sp³-hybridized carbons (Fsp3) is 1.00. The molecule has 1 aliphatic rings. The van der Waals surface area contributed by atoms with Gasteiger partial charge in [-0.25, -0.2) is 0 Å². The van der Waals surface area contributed by atoms with E-state index in [0.717, 1.165) is 23.7 Å². The van der Waals surface area contributed by atoms with Crippen molar-refractivity contribution in [2.45, 2.75) is 66.8 Å². The summed E-state index contributed by atoms with van der Waals surface area (Å²) in [5, 5.41) is 0. The van der Waals surface area contributed by atoms with Crippen LogP contribution >= 0.6 is 0 Å². The van der Waals surface area contributed by atoms with Crippen molar-refractivity contribution in [2.24, 2.45) is 35.3 Å². The van der Waals surface area contributed by atoms with Gasteiger partial charge in [-0.15, -0.1) is 0 Å². The lowest BCUT2D eigenvalue weighted by Crippen LogP contribution is -2.45. The smallest absolute Gasteiger partial charge is 0.00795 e. The monoisotopic (exact) mass is 282 g/mol. The molecule has 1 saturated carbocycles. The second-order valence-electron chi connectivity index (χ2n) is 8.25. The normalized spacial score (nSPS) is 28.1. The molecule has 0 spiro atoms. The summed E-state index contributed by atoms with van der Waals surface area (Å²) in [6.45, 7) is 17.7. The van der Waals surface area contributed by atoms with Gasteiger partial charge >= 0.3 is 0 Å². The Labute approximate surface area is 127 Å². The zero-order valence-corrected chi connectivity index (χ0v) is 14.7. The molecule has 0 saturated heterocycles. The predicted octanol–water partition coefficient (Wildman–Crippen LogP) is 4.00. The molecule has 1 rings (SSSR count). The van der Waals surface area contributed by atoms with Gasteiger partial charge in [0.15, 0.2) is 0 Å². The SMILES string of the molecule is CC(C)CN(CC(C)C)CC1CC(C(C)C)CCC1N. The molecular formula is C18H38N2. The topological polar surface area (TPSA) is 29.3 Å². The van der Waals surface area contributed by atoms with E-state index in [2.05, 4.69) is 46.4 Å². The van der Waals surface area contributed by atoms with Gasteiger partial charge in [0.2, 0.25) is 0 Å². The van der Waals surface area contributed by atoms with E-state index in [1.165, 1.54) is 38.9 Å². The molecule has 1 fully saturated rings. The third-order valence-corrected chi connectivity index (χ3v) is 4.76. The summed E-state index contributed by atoms with van der Waals surface area (Å²) in [5.41, 5.74) is 6.42. The molecule has 2 N–H and O–H groups in total. The summed E-state index contributed by atoms with van der Waals surface area (Å²) in [7, 11) is 0. The van der Waals surface area contributed by atoms with Crippen molar-refractivity contribution in [3.05, 3.63) is 0 Å². The van der Waals surface area contributed by atoms with Crippen LogP contribution in [0.4, 0.5) is 0 Å². The van der Waals surface area contributed by atoms with Crippen molar-refractivity contribution >= 4 is 0 Å². The molecule has 0 aromatic heterocycles. The van der Waals surface area contributed by atoms with Crippen LogP contribution in [0.1, 0.15) is 60.8 Å². The predicted molar refractivity (Wildman–Crippen MR) is 89.8 cm³/mol. The van der Waals surface area contributed by atoms with E-state index in [1.54, 1.807) is 0 Å². The first kappa shape index (κ1) is 18.0. The largest absolute Gasteiger partial charge is 0.327 e. The standard InChI is InChI=1S/C18H38N2/c1-13(2)10-20(11-14(3)4)12-17-9-16(15(5)6)7-8-18(17)19/h13-18H,7-12,19H2,1-6H3. The molecular weight excluding hydrogens is 244 g/mol. The summed E-state index contributed by atoms with van der Waals surface area (Å²) in [5.74, 6) is 3.89. The van der Waals surface area contributed by atoms with Crippen molar-refractivity contribution in [2.75, 3.05) is 19.6 Å². The van der Waals surface area contributed by atoms with Crippen LogP contribution in [-0.2, 0) is 0 Å². The second kappa shape index (κ2) is 8.38. The van der Waals surface area contributed by atoms with Gasteiger partial charge in [-0.1, -0.05) is 41.5 Å². The van der Waals surface area contributed by atoms with Crippen LogP contribution < -0.4 is 5.73 Å². The summed E-state index contributed by atoms with van der Waals surface area (Å²) in [6, 6.07) is 0.423. The maximum Gasteiger partial charge on any atom is 0.00795 e. The first-order valence-corrected chi connectivity index (χ1v) is 8.77. The maximum atomic E-state index is 6.42.